The van der Waals surface area contributed by atoms with E-state index in [1.54, 1.807) is 12.3 Å². The van der Waals surface area contributed by atoms with E-state index < -0.39 is 0 Å². The Balaban J connectivity index is 2.12. The SMILES string of the molecule is O=C(c1ccoc1CS)N1CCNCC1. The number of nitrogens with one attached hydrogen (secondary N) is 1. The molecule has 82 valence electrons. The summed E-state index contributed by atoms with van der Waals surface area (Å²) in [5, 5.41) is 3.21. The van der Waals surface area contributed by atoms with Gasteiger partial charge in [-0.25, -0.2) is 0 Å². The summed E-state index contributed by atoms with van der Waals surface area (Å²) in [6.07, 6.45) is 1.54. The summed E-state index contributed by atoms with van der Waals surface area (Å²) < 4.78 is 5.19. The van der Waals surface area contributed by atoms with Crippen molar-refractivity contribution in [3.05, 3.63) is 23.7 Å². The van der Waals surface area contributed by atoms with Crippen molar-refractivity contribution in [2.75, 3.05) is 26.2 Å². The Morgan fingerprint density at radius 3 is 2.93 bits per heavy atom. The van der Waals surface area contributed by atoms with Crippen molar-refractivity contribution < 1.29 is 9.21 Å². The molecule has 0 saturated carbocycles. The number of carbonyl (C=O) groups is 1. The smallest absolute Gasteiger partial charge is 0.257 e. The third kappa shape index (κ3) is 2.18. The first-order chi connectivity index (χ1) is 7.33. The Bertz CT molecular complexity index is 345. The van der Waals surface area contributed by atoms with Crippen molar-refractivity contribution >= 4 is 18.5 Å². The maximum Gasteiger partial charge on any atom is 0.257 e. The zero-order chi connectivity index (χ0) is 10.7. The van der Waals surface area contributed by atoms with Crippen molar-refractivity contribution in [1.82, 2.24) is 10.2 Å². The molecular weight excluding hydrogens is 212 g/mol. The molecule has 0 atom stereocenters. The minimum Gasteiger partial charge on any atom is -0.468 e. The van der Waals surface area contributed by atoms with E-state index in [1.165, 1.54) is 0 Å². The van der Waals surface area contributed by atoms with Gasteiger partial charge in [0.15, 0.2) is 0 Å². The molecule has 1 saturated heterocycles. The number of hydrogen-bond acceptors (Lipinski definition) is 4. The second-order valence-corrected chi connectivity index (χ2v) is 3.77. The molecule has 0 aliphatic carbocycles. The summed E-state index contributed by atoms with van der Waals surface area (Å²) in [7, 11) is 0. The zero-order valence-corrected chi connectivity index (χ0v) is 9.30. The largest absolute Gasteiger partial charge is 0.468 e. The summed E-state index contributed by atoms with van der Waals surface area (Å²) >= 11 is 4.13. The minimum absolute atomic E-state index is 0.0503. The van der Waals surface area contributed by atoms with Crippen LogP contribution >= 0.6 is 12.6 Å². The second kappa shape index (κ2) is 4.72. The maximum atomic E-state index is 12.0. The van der Waals surface area contributed by atoms with Gasteiger partial charge in [-0.3, -0.25) is 4.79 Å². The van der Waals surface area contributed by atoms with Gasteiger partial charge in [-0.1, -0.05) is 0 Å². The summed E-state index contributed by atoms with van der Waals surface area (Å²) in [5.41, 5.74) is 0.645. The van der Waals surface area contributed by atoms with Crippen molar-refractivity contribution in [2.24, 2.45) is 0 Å². The normalized spacial score (nSPS) is 16.7. The first-order valence-electron chi connectivity index (χ1n) is 5.00. The van der Waals surface area contributed by atoms with Gasteiger partial charge in [0.1, 0.15) is 5.76 Å². The highest BCUT2D eigenvalue weighted by molar-refractivity contribution is 7.79. The fraction of sp³-hybridized carbons (Fsp3) is 0.500. The Kier molecular flexibility index (Phi) is 3.33. The molecule has 2 heterocycles. The van der Waals surface area contributed by atoms with Crippen LogP contribution in [-0.2, 0) is 5.75 Å². The predicted octanol–water partition coefficient (Wildman–Crippen LogP) is 0.755. The molecule has 0 aromatic carbocycles. The van der Waals surface area contributed by atoms with E-state index in [4.69, 9.17) is 4.42 Å². The van der Waals surface area contributed by atoms with Crippen LogP contribution in [-0.4, -0.2) is 37.0 Å². The fourth-order valence-electron chi connectivity index (χ4n) is 1.69. The summed E-state index contributed by atoms with van der Waals surface area (Å²) in [4.78, 5) is 13.9. The molecule has 1 amide bonds. The maximum absolute atomic E-state index is 12.0. The first kappa shape index (κ1) is 10.6. The number of amides is 1. The molecule has 15 heavy (non-hydrogen) atoms. The zero-order valence-electron chi connectivity index (χ0n) is 8.40. The lowest BCUT2D eigenvalue weighted by atomic mass is 10.2. The number of furan rings is 1. The number of thiol groups is 1. The Morgan fingerprint density at radius 2 is 2.27 bits per heavy atom. The Morgan fingerprint density at radius 1 is 1.53 bits per heavy atom. The average Bonchev–Trinajstić information content (AvgIpc) is 2.77. The van der Waals surface area contributed by atoms with Gasteiger partial charge in [-0.15, -0.1) is 0 Å². The molecule has 1 aromatic rings. The number of piperazine rings is 1. The van der Waals surface area contributed by atoms with Crippen LogP contribution in [0.25, 0.3) is 0 Å². The van der Waals surface area contributed by atoms with Gasteiger partial charge in [-0.2, -0.15) is 12.6 Å². The van der Waals surface area contributed by atoms with E-state index >= 15 is 0 Å². The number of hydrogen-bond donors (Lipinski definition) is 2. The molecule has 1 aliphatic heterocycles. The Labute approximate surface area is 94.0 Å². The van der Waals surface area contributed by atoms with E-state index in [9.17, 15) is 4.79 Å². The molecule has 1 N–H and O–H groups in total. The average molecular weight is 226 g/mol. The monoisotopic (exact) mass is 226 g/mol. The van der Waals surface area contributed by atoms with Crippen LogP contribution < -0.4 is 5.32 Å². The summed E-state index contributed by atoms with van der Waals surface area (Å²) in [6.45, 7) is 3.24. The van der Waals surface area contributed by atoms with Crippen LogP contribution in [0.15, 0.2) is 16.7 Å². The Hall–Kier alpha value is -0.940. The van der Waals surface area contributed by atoms with E-state index in [2.05, 4.69) is 17.9 Å². The van der Waals surface area contributed by atoms with E-state index in [-0.39, 0.29) is 5.91 Å². The van der Waals surface area contributed by atoms with Crippen molar-refractivity contribution in [1.29, 1.82) is 0 Å². The van der Waals surface area contributed by atoms with E-state index in [1.807, 2.05) is 4.90 Å². The third-order valence-corrected chi connectivity index (χ3v) is 2.81. The topological polar surface area (TPSA) is 45.5 Å². The molecule has 4 nitrogen and oxygen atoms in total. The first-order valence-corrected chi connectivity index (χ1v) is 5.63. The van der Waals surface area contributed by atoms with Crippen molar-refractivity contribution in [3.63, 3.8) is 0 Å². The predicted molar refractivity (Wildman–Crippen MR) is 60.2 cm³/mol. The van der Waals surface area contributed by atoms with Gasteiger partial charge < -0.3 is 14.6 Å². The molecule has 0 bridgehead atoms. The van der Waals surface area contributed by atoms with Gasteiger partial charge >= 0.3 is 0 Å². The quantitative estimate of drug-likeness (QED) is 0.732. The highest BCUT2D eigenvalue weighted by Gasteiger charge is 2.21. The summed E-state index contributed by atoms with van der Waals surface area (Å²) in [5.74, 6) is 1.16. The fourth-order valence-corrected chi connectivity index (χ4v) is 1.94. The number of carbonyl (C=O) groups excluding carboxylic acids is 1. The lowest BCUT2D eigenvalue weighted by molar-refractivity contribution is 0.0734. The van der Waals surface area contributed by atoms with Crippen LogP contribution in [0.4, 0.5) is 0 Å². The molecule has 0 radical (unpaired) electrons. The molecule has 0 spiro atoms. The minimum atomic E-state index is 0.0503. The van der Waals surface area contributed by atoms with E-state index in [0.29, 0.717) is 17.1 Å². The lowest BCUT2D eigenvalue weighted by Crippen LogP contribution is -2.46. The highest BCUT2D eigenvalue weighted by atomic mass is 32.1. The van der Waals surface area contributed by atoms with Crippen LogP contribution in [0.3, 0.4) is 0 Å². The summed E-state index contributed by atoms with van der Waals surface area (Å²) in [6, 6.07) is 1.72. The molecule has 5 heteroatoms. The molecule has 0 unspecified atom stereocenters. The number of nitrogens with zero attached hydrogens (tertiary/aromatic N) is 1. The van der Waals surface area contributed by atoms with E-state index in [0.717, 1.165) is 26.2 Å². The van der Waals surface area contributed by atoms with Gasteiger partial charge in [0.25, 0.3) is 5.91 Å². The van der Waals surface area contributed by atoms with Gasteiger partial charge in [0, 0.05) is 31.9 Å². The van der Waals surface area contributed by atoms with Crippen LogP contribution in [0.2, 0.25) is 0 Å². The van der Waals surface area contributed by atoms with Crippen molar-refractivity contribution in [3.8, 4) is 0 Å². The molecule has 1 fully saturated rings. The molecule has 2 rings (SSSR count). The highest BCUT2D eigenvalue weighted by Crippen LogP contribution is 2.15. The van der Waals surface area contributed by atoms with Crippen LogP contribution in [0, 0.1) is 0 Å². The molecular formula is C10H14N2O2S. The molecule has 1 aromatic heterocycles. The van der Waals surface area contributed by atoms with Gasteiger partial charge in [0.05, 0.1) is 11.8 Å². The lowest BCUT2D eigenvalue weighted by Gasteiger charge is -2.27. The van der Waals surface area contributed by atoms with Crippen molar-refractivity contribution in [2.45, 2.75) is 5.75 Å². The molecule has 1 aliphatic rings. The van der Waals surface area contributed by atoms with Crippen LogP contribution in [0.5, 0.6) is 0 Å². The van der Waals surface area contributed by atoms with Gasteiger partial charge in [-0.05, 0) is 6.07 Å². The van der Waals surface area contributed by atoms with Crippen LogP contribution in [0.1, 0.15) is 16.1 Å². The number of rotatable bonds is 2. The standard InChI is InChI=1S/C10H14N2O2S/c13-10(12-4-2-11-3-5-12)8-1-6-14-9(8)7-15/h1,6,11,15H,2-5,7H2. The van der Waals surface area contributed by atoms with Gasteiger partial charge in [0.2, 0.25) is 0 Å². The third-order valence-electron chi connectivity index (χ3n) is 2.52. The second-order valence-electron chi connectivity index (χ2n) is 3.46.